The van der Waals surface area contributed by atoms with Crippen molar-refractivity contribution in [2.45, 2.75) is 19.8 Å². The molecule has 22 heavy (non-hydrogen) atoms. The number of amides is 2. The molecule has 2 amide bonds. The van der Waals surface area contributed by atoms with Gasteiger partial charge in [-0.2, -0.15) is 0 Å². The van der Waals surface area contributed by atoms with Crippen molar-refractivity contribution in [3.63, 3.8) is 0 Å². The molecular formula is C15H13NO6. The minimum Gasteiger partial charge on any atom is -0.431 e. The van der Waals surface area contributed by atoms with Gasteiger partial charge >= 0.3 is 11.9 Å². The molecule has 0 bridgehead atoms. The molecule has 0 spiro atoms. The Kier molecular flexibility index (Phi) is 4.67. The second-order valence-electron chi connectivity index (χ2n) is 4.38. The molecule has 1 aromatic rings. The maximum absolute atomic E-state index is 12.1. The first-order chi connectivity index (χ1) is 10.5. The summed E-state index contributed by atoms with van der Waals surface area (Å²) in [6.45, 7) is 1.66. The third kappa shape index (κ3) is 3.20. The molecule has 1 aromatic carbocycles. The summed E-state index contributed by atoms with van der Waals surface area (Å²) in [6, 6.07) is 5.81. The largest absolute Gasteiger partial charge is 0.431 e. The number of imide groups is 1. The molecule has 1 fully saturated rings. The van der Waals surface area contributed by atoms with Crippen molar-refractivity contribution in [3.8, 4) is 0 Å². The van der Waals surface area contributed by atoms with E-state index >= 15 is 0 Å². The zero-order chi connectivity index (χ0) is 16.1. The molecule has 0 saturated carbocycles. The van der Waals surface area contributed by atoms with Gasteiger partial charge in [0.05, 0.1) is 17.4 Å². The number of benzene rings is 1. The van der Waals surface area contributed by atoms with Gasteiger partial charge in [-0.3, -0.25) is 9.59 Å². The standard InChI is InChI=1S/C15H13NO6/c1-2-9-21-14(19)10-5-3-4-6-11(10)15(20)22-16-12(17)7-8-13(16)18/h2-6,9H,7-8H2,1H3. The predicted molar refractivity (Wildman–Crippen MR) is 73.2 cm³/mol. The highest BCUT2D eigenvalue weighted by molar-refractivity contribution is 6.06. The molecule has 1 heterocycles. The third-order valence-electron chi connectivity index (χ3n) is 2.86. The van der Waals surface area contributed by atoms with Gasteiger partial charge < -0.3 is 9.57 Å². The van der Waals surface area contributed by atoms with Crippen LogP contribution in [0.25, 0.3) is 0 Å². The Balaban J connectivity index is 2.21. The molecule has 7 heteroatoms. The van der Waals surface area contributed by atoms with Gasteiger partial charge in [-0.05, 0) is 19.1 Å². The second kappa shape index (κ2) is 6.66. The maximum Gasteiger partial charge on any atom is 0.364 e. The lowest BCUT2D eigenvalue weighted by molar-refractivity contribution is -0.172. The van der Waals surface area contributed by atoms with Crippen molar-refractivity contribution in [3.05, 3.63) is 47.7 Å². The van der Waals surface area contributed by atoms with Crippen LogP contribution >= 0.6 is 0 Å². The Morgan fingerprint density at radius 1 is 1.05 bits per heavy atom. The lowest BCUT2D eigenvalue weighted by Crippen LogP contribution is -2.32. The molecule has 114 valence electrons. The highest BCUT2D eigenvalue weighted by Gasteiger charge is 2.34. The van der Waals surface area contributed by atoms with Gasteiger partial charge in [0.1, 0.15) is 0 Å². The Morgan fingerprint density at radius 2 is 1.59 bits per heavy atom. The molecule has 0 unspecified atom stereocenters. The van der Waals surface area contributed by atoms with Crippen LogP contribution in [-0.4, -0.2) is 28.8 Å². The molecular weight excluding hydrogens is 290 g/mol. The van der Waals surface area contributed by atoms with E-state index in [0.717, 1.165) is 0 Å². The quantitative estimate of drug-likeness (QED) is 0.477. The van der Waals surface area contributed by atoms with Gasteiger partial charge in [0.25, 0.3) is 11.8 Å². The fraction of sp³-hybridized carbons (Fsp3) is 0.200. The van der Waals surface area contributed by atoms with Gasteiger partial charge in [0, 0.05) is 12.8 Å². The number of carbonyl (C=O) groups is 4. The summed E-state index contributed by atoms with van der Waals surface area (Å²) in [5, 5.41) is 0.427. The molecule has 0 radical (unpaired) electrons. The van der Waals surface area contributed by atoms with Crippen molar-refractivity contribution < 1.29 is 28.8 Å². The average molecular weight is 303 g/mol. The molecule has 0 N–H and O–H groups in total. The molecule has 1 aliphatic rings. The number of ether oxygens (including phenoxy) is 1. The number of nitrogens with zero attached hydrogens (tertiary/aromatic N) is 1. The first-order valence-corrected chi connectivity index (χ1v) is 6.54. The van der Waals surface area contributed by atoms with E-state index in [1.165, 1.54) is 30.5 Å². The number of allylic oxidation sites excluding steroid dienone is 1. The van der Waals surface area contributed by atoms with Crippen LogP contribution in [-0.2, 0) is 19.2 Å². The average Bonchev–Trinajstić information content (AvgIpc) is 2.84. The summed E-state index contributed by atoms with van der Waals surface area (Å²) in [7, 11) is 0. The number of esters is 1. The minimum atomic E-state index is -0.975. The van der Waals surface area contributed by atoms with Crippen molar-refractivity contribution in [1.29, 1.82) is 0 Å². The summed E-state index contributed by atoms with van der Waals surface area (Å²) in [4.78, 5) is 51.6. The molecule has 2 rings (SSSR count). The first-order valence-electron chi connectivity index (χ1n) is 6.54. The number of carbonyl (C=O) groups excluding carboxylic acids is 4. The Labute approximate surface area is 126 Å². The van der Waals surface area contributed by atoms with Gasteiger partial charge in [-0.15, -0.1) is 5.06 Å². The highest BCUT2D eigenvalue weighted by Crippen LogP contribution is 2.17. The highest BCUT2D eigenvalue weighted by atomic mass is 16.7. The fourth-order valence-electron chi connectivity index (χ4n) is 1.82. The van der Waals surface area contributed by atoms with Crippen molar-refractivity contribution >= 4 is 23.8 Å². The van der Waals surface area contributed by atoms with Crippen LogP contribution in [0.4, 0.5) is 0 Å². The van der Waals surface area contributed by atoms with Gasteiger partial charge in [0.15, 0.2) is 0 Å². The predicted octanol–water partition coefficient (Wildman–Crippen LogP) is 1.60. The van der Waals surface area contributed by atoms with E-state index in [2.05, 4.69) is 0 Å². The van der Waals surface area contributed by atoms with Crippen LogP contribution in [0.5, 0.6) is 0 Å². The summed E-state index contributed by atoms with van der Waals surface area (Å²) < 4.78 is 4.81. The zero-order valence-corrected chi connectivity index (χ0v) is 11.8. The molecule has 1 saturated heterocycles. The van der Waals surface area contributed by atoms with Crippen molar-refractivity contribution in [2.75, 3.05) is 0 Å². The van der Waals surface area contributed by atoms with E-state index in [1.807, 2.05) is 0 Å². The first kappa shape index (κ1) is 15.4. The van der Waals surface area contributed by atoms with Gasteiger partial charge in [-0.1, -0.05) is 18.2 Å². The van der Waals surface area contributed by atoms with E-state index in [0.29, 0.717) is 5.06 Å². The fourth-order valence-corrected chi connectivity index (χ4v) is 1.82. The van der Waals surface area contributed by atoms with Crippen LogP contribution in [0.15, 0.2) is 36.6 Å². The normalized spacial score (nSPS) is 14.5. The Bertz CT molecular complexity index is 648. The Morgan fingerprint density at radius 3 is 2.14 bits per heavy atom. The number of hydrogen-bond acceptors (Lipinski definition) is 6. The Hall–Kier alpha value is -2.96. The van der Waals surface area contributed by atoms with Crippen LogP contribution in [0, 0.1) is 0 Å². The SMILES string of the molecule is CC=COC(=O)c1ccccc1C(=O)ON1C(=O)CCC1=O. The number of hydroxylamine groups is 2. The lowest BCUT2D eigenvalue weighted by atomic mass is 10.1. The summed E-state index contributed by atoms with van der Waals surface area (Å²) in [5.41, 5.74) is -0.116. The van der Waals surface area contributed by atoms with E-state index < -0.39 is 23.8 Å². The molecule has 0 aromatic heterocycles. The number of rotatable bonds is 4. The lowest BCUT2D eigenvalue weighted by Gasteiger charge is -2.13. The molecule has 1 aliphatic heterocycles. The summed E-state index contributed by atoms with van der Waals surface area (Å²) in [5.74, 6) is -2.90. The molecule has 7 nitrogen and oxygen atoms in total. The van der Waals surface area contributed by atoms with E-state index in [-0.39, 0.29) is 24.0 Å². The van der Waals surface area contributed by atoms with Crippen LogP contribution in [0.2, 0.25) is 0 Å². The topological polar surface area (TPSA) is 90.0 Å². The van der Waals surface area contributed by atoms with Crippen molar-refractivity contribution in [2.24, 2.45) is 0 Å². The smallest absolute Gasteiger partial charge is 0.364 e. The molecule has 0 aliphatic carbocycles. The van der Waals surface area contributed by atoms with E-state index in [1.54, 1.807) is 13.0 Å². The van der Waals surface area contributed by atoms with E-state index in [9.17, 15) is 19.2 Å². The van der Waals surface area contributed by atoms with E-state index in [4.69, 9.17) is 9.57 Å². The van der Waals surface area contributed by atoms with Crippen LogP contribution in [0.3, 0.4) is 0 Å². The van der Waals surface area contributed by atoms with Gasteiger partial charge in [-0.25, -0.2) is 9.59 Å². The van der Waals surface area contributed by atoms with Crippen LogP contribution < -0.4 is 0 Å². The maximum atomic E-state index is 12.1. The molecule has 0 atom stereocenters. The summed E-state index contributed by atoms with van der Waals surface area (Å²) in [6.07, 6.45) is 2.69. The zero-order valence-electron chi connectivity index (χ0n) is 11.8. The van der Waals surface area contributed by atoms with Gasteiger partial charge in [0.2, 0.25) is 0 Å². The monoisotopic (exact) mass is 303 g/mol. The number of hydrogen-bond donors (Lipinski definition) is 0. The summed E-state index contributed by atoms with van der Waals surface area (Å²) >= 11 is 0. The van der Waals surface area contributed by atoms with Crippen molar-refractivity contribution in [1.82, 2.24) is 5.06 Å². The third-order valence-corrected chi connectivity index (χ3v) is 2.86. The second-order valence-corrected chi connectivity index (χ2v) is 4.38. The van der Waals surface area contributed by atoms with Crippen LogP contribution in [0.1, 0.15) is 40.5 Å². The minimum absolute atomic E-state index is 0.00288.